The lowest BCUT2D eigenvalue weighted by Crippen LogP contribution is -2.52. The Morgan fingerprint density at radius 3 is 2.35 bits per heavy atom. The van der Waals surface area contributed by atoms with Gasteiger partial charge in [0.15, 0.2) is 0 Å². The molecule has 2 aromatic rings. The van der Waals surface area contributed by atoms with Crippen molar-refractivity contribution in [3.05, 3.63) is 77.4 Å². The van der Waals surface area contributed by atoms with Gasteiger partial charge in [-0.3, -0.25) is 4.79 Å². The van der Waals surface area contributed by atoms with Crippen molar-refractivity contribution in [2.24, 2.45) is 0 Å². The molecule has 31 heavy (non-hydrogen) atoms. The molecule has 8 nitrogen and oxygen atoms in total. The van der Waals surface area contributed by atoms with Crippen LogP contribution in [0.15, 0.2) is 71.8 Å². The molecule has 158 valence electrons. The van der Waals surface area contributed by atoms with E-state index in [9.17, 15) is 20.0 Å². The molecule has 1 aliphatic rings. The Hall–Kier alpha value is -3.93. The van der Waals surface area contributed by atoms with Gasteiger partial charge in [-0.2, -0.15) is 5.26 Å². The van der Waals surface area contributed by atoms with Crippen LogP contribution < -0.4 is 16.2 Å². The van der Waals surface area contributed by atoms with E-state index in [-0.39, 0.29) is 24.3 Å². The quantitative estimate of drug-likeness (QED) is 0.380. The Morgan fingerprint density at radius 1 is 1.10 bits per heavy atom. The van der Waals surface area contributed by atoms with Crippen LogP contribution >= 0.6 is 0 Å². The number of carboxylic acids is 1. The van der Waals surface area contributed by atoms with Crippen molar-refractivity contribution in [2.45, 2.75) is 13.1 Å². The fourth-order valence-corrected chi connectivity index (χ4v) is 3.13. The summed E-state index contributed by atoms with van der Waals surface area (Å²) in [5.74, 6) is -1.69. The van der Waals surface area contributed by atoms with Crippen LogP contribution in [0.2, 0.25) is 0 Å². The molecule has 0 bridgehead atoms. The van der Waals surface area contributed by atoms with E-state index in [1.807, 2.05) is 60.7 Å². The molecule has 0 amide bonds. The highest BCUT2D eigenvalue weighted by atomic mass is 16.5. The highest BCUT2D eigenvalue weighted by molar-refractivity contribution is 5.95. The van der Waals surface area contributed by atoms with Gasteiger partial charge >= 0.3 is 11.9 Å². The Labute approximate surface area is 179 Å². The smallest absolute Gasteiger partial charge is 0.336 e. The van der Waals surface area contributed by atoms with E-state index >= 15 is 0 Å². The number of nitriles is 1. The number of esters is 1. The lowest BCUT2D eigenvalue weighted by Gasteiger charge is -2.27. The minimum Gasteiger partial charge on any atom is -0.478 e. The number of nitrogens with zero attached hydrogens (tertiary/aromatic N) is 1. The number of carboxylic acid groups (broad SMARTS) is 1. The van der Waals surface area contributed by atoms with E-state index in [0.717, 1.165) is 16.7 Å². The zero-order chi connectivity index (χ0) is 22.2. The highest BCUT2D eigenvalue weighted by Gasteiger charge is 2.27. The molecule has 0 fully saturated rings. The van der Waals surface area contributed by atoms with Crippen LogP contribution in [-0.4, -0.2) is 36.4 Å². The van der Waals surface area contributed by atoms with Gasteiger partial charge in [0.25, 0.3) is 0 Å². The number of hydrazine groups is 1. The molecule has 1 heterocycles. The summed E-state index contributed by atoms with van der Waals surface area (Å²) in [6.07, 6.45) is 0.585. The van der Waals surface area contributed by atoms with E-state index in [0.29, 0.717) is 5.70 Å². The fraction of sp³-hybridized carbons (Fsp3) is 0.174. The van der Waals surface area contributed by atoms with Crippen molar-refractivity contribution in [1.29, 1.82) is 5.26 Å². The van der Waals surface area contributed by atoms with Crippen LogP contribution in [0.4, 0.5) is 0 Å². The number of hydrogen-bond donors (Lipinski definition) is 4. The summed E-state index contributed by atoms with van der Waals surface area (Å²) in [6, 6.07) is 19.4. The van der Waals surface area contributed by atoms with Crippen molar-refractivity contribution in [3.63, 3.8) is 0 Å². The number of rotatable bonds is 8. The molecule has 8 heteroatoms. The average molecular weight is 418 g/mol. The summed E-state index contributed by atoms with van der Waals surface area (Å²) < 4.78 is 4.84. The molecule has 0 saturated carbocycles. The number of aliphatic carboxylic acids is 1. The Bertz CT molecular complexity index is 1050. The number of nitrogens with one attached hydrogen (secondary N) is 3. The first kappa shape index (κ1) is 21.8. The van der Waals surface area contributed by atoms with Crippen molar-refractivity contribution in [2.75, 3.05) is 13.2 Å². The van der Waals surface area contributed by atoms with Gasteiger partial charge in [-0.05, 0) is 29.7 Å². The number of dihydropyridines is 1. The van der Waals surface area contributed by atoms with Crippen molar-refractivity contribution >= 4 is 17.6 Å². The lowest BCUT2D eigenvalue weighted by atomic mass is 9.97. The minimum atomic E-state index is -1.21. The van der Waals surface area contributed by atoms with Crippen LogP contribution in [0.25, 0.3) is 16.8 Å². The fourth-order valence-electron chi connectivity index (χ4n) is 3.13. The monoisotopic (exact) mass is 418 g/mol. The summed E-state index contributed by atoms with van der Waals surface area (Å²) in [4.78, 5) is 23.3. The number of hydrogen-bond acceptors (Lipinski definition) is 7. The topological polar surface area (TPSA) is 123 Å². The third kappa shape index (κ3) is 5.36. The van der Waals surface area contributed by atoms with E-state index in [1.54, 1.807) is 6.92 Å². The molecule has 3 rings (SSSR count). The molecule has 0 aliphatic carbocycles. The first-order valence-corrected chi connectivity index (χ1v) is 9.69. The van der Waals surface area contributed by atoms with Gasteiger partial charge in [0.1, 0.15) is 12.7 Å². The summed E-state index contributed by atoms with van der Waals surface area (Å²) in [7, 11) is 0. The van der Waals surface area contributed by atoms with Gasteiger partial charge in [0.05, 0.1) is 23.8 Å². The molecule has 0 saturated heterocycles. The zero-order valence-electron chi connectivity index (χ0n) is 16.9. The minimum absolute atomic E-state index is 0.00601. The molecule has 1 unspecified atom stereocenters. The third-order valence-electron chi connectivity index (χ3n) is 4.61. The van der Waals surface area contributed by atoms with Gasteiger partial charge in [0, 0.05) is 5.70 Å². The SMILES string of the molecule is CCOC(=O)CNNC1NC(c2ccc(-c3ccccc3)cc2)=CC(C(=O)O)=C1C#N. The Balaban J connectivity index is 1.83. The lowest BCUT2D eigenvalue weighted by molar-refractivity contribution is -0.142. The third-order valence-corrected chi connectivity index (χ3v) is 4.61. The normalized spacial score (nSPS) is 15.5. The maximum absolute atomic E-state index is 11.7. The molecule has 0 aromatic heterocycles. The summed E-state index contributed by atoms with van der Waals surface area (Å²) in [5, 5.41) is 22.2. The molecule has 0 radical (unpaired) electrons. The first-order chi connectivity index (χ1) is 15.0. The summed E-state index contributed by atoms with van der Waals surface area (Å²) >= 11 is 0. The maximum Gasteiger partial charge on any atom is 0.336 e. The molecule has 1 aliphatic heterocycles. The van der Waals surface area contributed by atoms with Gasteiger partial charge in [0.2, 0.25) is 0 Å². The largest absolute Gasteiger partial charge is 0.478 e. The van der Waals surface area contributed by atoms with Crippen LogP contribution in [0.3, 0.4) is 0 Å². The van der Waals surface area contributed by atoms with Gasteiger partial charge in [-0.25, -0.2) is 15.6 Å². The Kier molecular flexibility index (Phi) is 7.17. The molecule has 1 atom stereocenters. The molecular formula is C23H22N4O4. The highest BCUT2D eigenvalue weighted by Crippen LogP contribution is 2.26. The molecular weight excluding hydrogens is 396 g/mol. The van der Waals surface area contributed by atoms with Crippen molar-refractivity contribution < 1.29 is 19.4 Å². The maximum atomic E-state index is 11.7. The van der Waals surface area contributed by atoms with E-state index in [2.05, 4.69) is 16.2 Å². The van der Waals surface area contributed by atoms with Gasteiger partial charge in [-0.15, -0.1) is 0 Å². The standard InChI is InChI=1S/C23H22N4O4/c1-2-31-21(28)14-25-27-22-19(13-24)18(23(29)30)12-20(26-22)17-10-8-16(9-11-17)15-6-4-3-5-7-15/h3-12,22,25-27H,2,14H2,1H3,(H,29,30). The van der Waals surface area contributed by atoms with E-state index < -0.39 is 18.1 Å². The number of carbonyl (C=O) groups excluding carboxylic acids is 1. The van der Waals surface area contributed by atoms with E-state index in [1.165, 1.54) is 6.08 Å². The summed E-state index contributed by atoms with van der Waals surface area (Å²) in [6.45, 7) is 1.81. The summed E-state index contributed by atoms with van der Waals surface area (Å²) in [5.41, 5.74) is 8.72. The number of carbonyl (C=O) groups is 2. The van der Waals surface area contributed by atoms with Crippen molar-refractivity contribution in [3.8, 4) is 17.2 Å². The van der Waals surface area contributed by atoms with Crippen LogP contribution in [0.1, 0.15) is 12.5 Å². The molecule has 4 N–H and O–H groups in total. The second-order valence-corrected chi connectivity index (χ2v) is 6.63. The van der Waals surface area contributed by atoms with Gasteiger partial charge < -0.3 is 15.2 Å². The molecule has 0 spiro atoms. The van der Waals surface area contributed by atoms with Crippen LogP contribution in [0.5, 0.6) is 0 Å². The molecule has 2 aromatic carbocycles. The van der Waals surface area contributed by atoms with Crippen LogP contribution in [-0.2, 0) is 14.3 Å². The average Bonchev–Trinajstić information content (AvgIpc) is 2.79. The first-order valence-electron chi connectivity index (χ1n) is 9.69. The second kappa shape index (κ2) is 10.2. The zero-order valence-corrected chi connectivity index (χ0v) is 16.9. The predicted octanol–water partition coefficient (Wildman–Crippen LogP) is 2.19. The second-order valence-electron chi connectivity index (χ2n) is 6.63. The van der Waals surface area contributed by atoms with E-state index in [4.69, 9.17) is 4.74 Å². The van der Waals surface area contributed by atoms with Crippen molar-refractivity contribution in [1.82, 2.24) is 16.2 Å². The van der Waals surface area contributed by atoms with Gasteiger partial charge in [-0.1, -0.05) is 54.6 Å². The Morgan fingerprint density at radius 2 is 1.74 bits per heavy atom. The number of benzene rings is 2. The predicted molar refractivity (Wildman–Crippen MR) is 115 cm³/mol. The van der Waals surface area contributed by atoms with Crippen LogP contribution in [0, 0.1) is 11.3 Å². The number of ether oxygens (including phenoxy) is 1.